The molecule has 1 fully saturated rings. The molecular weight excluding hydrogens is 783 g/mol. The third-order valence-electron chi connectivity index (χ3n) is 10.8. The van der Waals surface area contributed by atoms with Gasteiger partial charge in [-0.25, -0.2) is 4.57 Å². The number of ether oxygens (including phenoxy) is 2. The van der Waals surface area contributed by atoms with Gasteiger partial charge in [0.1, 0.15) is 18.5 Å². The second-order valence-corrected chi connectivity index (χ2v) is 18.3. The number of Topliss-reactive ketones (excluding diaryl/α,β-unsaturated/α-hetero) is 1. The maximum absolute atomic E-state index is 12.8. The van der Waals surface area contributed by atoms with Gasteiger partial charge in [-0.1, -0.05) is 129 Å². The van der Waals surface area contributed by atoms with Crippen molar-refractivity contribution in [2.24, 2.45) is 17.8 Å². The first-order valence-corrected chi connectivity index (χ1v) is 24.2. The van der Waals surface area contributed by atoms with Crippen molar-refractivity contribution >= 4 is 25.5 Å². The van der Waals surface area contributed by atoms with Crippen LogP contribution in [0.1, 0.15) is 175 Å². The topological polar surface area (TPSA) is 227 Å². The molecule has 0 aromatic heterocycles. The minimum Gasteiger partial charge on any atom is -0.462 e. The lowest BCUT2D eigenvalue weighted by atomic mass is 9.87. The third-order valence-corrected chi connectivity index (χ3v) is 11.8. The van der Waals surface area contributed by atoms with Crippen LogP contribution in [0.15, 0.2) is 12.2 Å². The Kier molecular flexibility index (Phi) is 31.7. The molecular formula is C44H81O14P. The Bertz CT molecular complexity index is 1180. The number of hydrogen-bond donors (Lipinski definition) is 6. The summed E-state index contributed by atoms with van der Waals surface area (Å²) in [6.07, 6.45) is 18.2. The molecule has 0 spiro atoms. The van der Waals surface area contributed by atoms with Gasteiger partial charge in [0.2, 0.25) is 0 Å². The predicted octanol–water partition coefficient (Wildman–Crippen LogP) is 7.42. The number of phosphoric acid groups is 1. The Labute approximate surface area is 354 Å². The van der Waals surface area contributed by atoms with Crippen molar-refractivity contribution in [3.63, 3.8) is 0 Å². The summed E-state index contributed by atoms with van der Waals surface area (Å²) in [7, 11) is -4.71. The highest BCUT2D eigenvalue weighted by atomic mass is 31.2. The van der Waals surface area contributed by atoms with Crippen LogP contribution in [-0.2, 0) is 37.5 Å². The Morgan fingerprint density at radius 3 is 1.86 bits per heavy atom. The highest BCUT2D eigenvalue weighted by Crippen LogP contribution is 2.43. The number of esters is 2. The number of phosphoric ester groups is 1. The van der Waals surface area contributed by atoms with Crippen LogP contribution in [0.5, 0.6) is 0 Å². The van der Waals surface area contributed by atoms with Gasteiger partial charge in [-0.2, -0.15) is 0 Å². The van der Waals surface area contributed by atoms with Gasteiger partial charge in [-0.05, 0) is 31.6 Å². The first-order valence-electron chi connectivity index (χ1n) is 22.7. The number of carbonyl (C=O) groups is 3. The van der Waals surface area contributed by atoms with E-state index in [0.29, 0.717) is 25.7 Å². The largest absolute Gasteiger partial charge is 0.472 e. The zero-order chi connectivity index (χ0) is 43.9. The quantitative estimate of drug-likeness (QED) is 0.0154. The summed E-state index contributed by atoms with van der Waals surface area (Å²) in [5.41, 5.74) is 0. The first kappa shape index (κ1) is 55.3. The average molecular weight is 865 g/mol. The van der Waals surface area contributed by atoms with E-state index in [1.54, 1.807) is 12.2 Å². The maximum atomic E-state index is 12.8. The molecule has 0 heterocycles. The summed E-state index contributed by atoms with van der Waals surface area (Å²) in [5.74, 6) is -1.46. The molecule has 1 rings (SSSR count). The van der Waals surface area contributed by atoms with Crippen LogP contribution in [0.3, 0.4) is 0 Å². The molecule has 0 saturated heterocycles. The van der Waals surface area contributed by atoms with Crippen molar-refractivity contribution in [3.8, 4) is 0 Å². The number of ketones is 1. The molecule has 0 aliphatic heterocycles. The van der Waals surface area contributed by atoms with Crippen molar-refractivity contribution in [1.29, 1.82) is 0 Å². The molecule has 15 heteroatoms. The number of aliphatic hydroxyl groups is 5. The van der Waals surface area contributed by atoms with Crippen molar-refractivity contribution in [2.45, 2.75) is 205 Å². The summed E-state index contributed by atoms with van der Waals surface area (Å²) in [6, 6.07) is 0. The van der Waals surface area contributed by atoms with Gasteiger partial charge in [0, 0.05) is 43.9 Å². The lowest BCUT2D eigenvalue weighted by Gasteiger charge is -2.20. The highest BCUT2D eigenvalue weighted by Gasteiger charge is 2.41. The van der Waals surface area contributed by atoms with E-state index in [0.717, 1.165) is 50.9 Å². The number of unbranched alkanes of at least 4 members (excludes halogenated alkanes) is 14. The van der Waals surface area contributed by atoms with E-state index in [1.807, 2.05) is 0 Å². The molecule has 0 bridgehead atoms. The van der Waals surface area contributed by atoms with Crippen molar-refractivity contribution < 1.29 is 67.9 Å². The zero-order valence-electron chi connectivity index (χ0n) is 36.5. The number of rotatable bonds is 38. The Morgan fingerprint density at radius 2 is 1.25 bits per heavy atom. The Morgan fingerprint density at radius 1 is 0.712 bits per heavy atom. The van der Waals surface area contributed by atoms with Crippen LogP contribution in [0, 0.1) is 17.8 Å². The molecule has 14 nitrogen and oxygen atoms in total. The van der Waals surface area contributed by atoms with Gasteiger partial charge >= 0.3 is 19.8 Å². The highest BCUT2D eigenvalue weighted by molar-refractivity contribution is 7.47. The second-order valence-electron chi connectivity index (χ2n) is 16.9. The minimum atomic E-state index is -4.71. The Hall–Kier alpha value is -1.74. The molecule has 0 aromatic rings. The summed E-state index contributed by atoms with van der Waals surface area (Å²) in [6.45, 7) is 4.17. The number of carbonyl (C=O) groups excluding carboxylic acids is 3. The van der Waals surface area contributed by atoms with E-state index in [1.165, 1.54) is 51.4 Å². The lowest BCUT2D eigenvalue weighted by Crippen LogP contribution is -2.29. The smallest absolute Gasteiger partial charge is 0.462 e. The van der Waals surface area contributed by atoms with Gasteiger partial charge in [-0.15, -0.1) is 0 Å². The van der Waals surface area contributed by atoms with E-state index in [-0.39, 0.29) is 37.9 Å². The van der Waals surface area contributed by atoms with Crippen LogP contribution in [0.4, 0.5) is 0 Å². The summed E-state index contributed by atoms with van der Waals surface area (Å²) >= 11 is 0. The van der Waals surface area contributed by atoms with E-state index >= 15 is 0 Å². The molecule has 0 aromatic carbocycles. The summed E-state index contributed by atoms with van der Waals surface area (Å²) < 4.78 is 32.6. The van der Waals surface area contributed by atoms with E-state index in [9.17, 15) is 44.3 Å². The van der Waals surface area contributed by atoms with E-state index in [2.05, 4.69) is 25.3 Å². The van der Waals surface area contributed by atoms with Crippen molar-refractivity contribution in [1.82, 2.24) is 0 Å². The lowest BCUT2D eigenvalue weighted by molar-refractivity contribution is -0.161. The van der Waals surface area contributed by atoms with Crippen LogP contribution < -0.4 is 0 Å². The van der Waals surface area contributed by atoms with Crippen molar-refractivity contribution in [2.75, 3.05) is 26.4 Å². The molecule has 1 aliphatic rings. The minimum absolute atomic E-state index is 0.0417. The summed E-state index contributed by atoms with van der Waals surface area (Å²) in [4.78, 5) is 48.0. The monoisotopic (exact) mass is 865 g/mol. The molecule has 8 atom stereocenters. The fourth-order valence-corrected chi connectivity index (χ4v) is 8.02. The van der Waals surface area contributed by atoms with Gasteiger partial charge in [0.05, 0.1) is 38.1 Å². The van der Waals surface area contributed by atoms with E-state index in [4.69, 9.17) is 19.1 Å². The first-order chi connectivity index (χ1) is 28.2. The molecule has 0 amide bonds. The zero-order valence-corrected chi connectivity index (χ0v) is 37.4. The number of aliphatic hydroxyl groups excluding tert-OH is 5. The molecule has 346 valence electrons. The van der Waals surface area contributed by atoms with Gasteiger partial charge in [0.15, 0.2) is 6.10 Å². The SMILES string of the molecule is CCCCC[C@H](O)/C=C/[C@@H]1[C@@H](CC(=O)CCCCC(=O)OC[C@H](COP(=O)(O)OC[C@@H](O)CO)OC(=O)CCCCCCCCCCCCCCC(C)C)[C@@H](O)C[C@H]1O. The number of hydrogen-bond acceptors (Lipinski definition) is 13. The average Bonchev–Trinajstić information content (AvgIpc) is 3.45. The van der Waals surface area contributed by atoms with Crippen LogP contribution in [0.2, 0.25) is 0 Å². The molecule has 1 unspecified atom stereocenters. The molecule has 59 heavy (non-hydrogen) atoms. The maximum Gasteiger partial charge on any atom is 0.472 e. The van der Waals surface area contributed by atoms with Crippen molar-refractivity contribution in [3.05, 3.63) is 12.2 Å². The molecule has 6 N–H and O–H groups in total. The van der Waals surface area contributed by atoms with E-state index < -0.39 is 88.5 Å². The molecule has 1 aliphatic carbocycles. The predicted molar refractivity (Wildman–Crippen MR) is 226 cm³/mol. The van der Waals surface area contributed by atoms with Crippen LogP contribution in [0.25, 0.3) is 0 Å². The van der Waals surface area contributed by atoms with Crippen LogP contribution >= 0.6 is 7.82 Å². The van der Waals surface area contributed by atoms with Gasteiger partial charge in [0.25, 0.3) is 0 Å². The Balaban J connectivity index is 2.47. The fourth-order valence-electron chi connectivity index (χ4n) is 7.23. The third kappa shape index (κ3) is 29.2. The summed E-state index contributed by atoms with van der Waals surface area (Å²) in [5, 5.41) is 49.6. The second kappa shape index (κ2) is 33.8. The molecule has 0 radical (unpaired) electrons. The fraction of sp³-hybridized carbons (Fsp3) is 0.886. The van der Waals surface area contributed by atoms with Crippen LogP contribution in [-0.4, -0.2) is 105 Å². The molecule has 1 saturated carbocycles. The normalized spacial score (nSPS) is 20.8. The standard InChI is InChI=1S/C44H81O14P/c1-4-5-16-22-35(46)26-27-39-40(42(50)29-41(39)49)28-36(47)23-19-20-24-43(51)55-32-38(33-57-59(53,54)56-31-37(48)30-45)58-44(52)25-18-15-13-11-9-7-6-8-10-12-14-17-21-34(2)3/h26-27,34-35,37-42,45-46,48-50H,4-25,28-33H2,1-3H3,(H,53,54)/b27-26+/t35-,37-,38+,39+,40+,41+,42-/m0/s1. The van der Waals surface area contributed by atoms with Gasteiger partial charge in [-0.3, -0.25) is 23.4 Å². The van der Waals surface area contributed by atoms with Gasteiger partial charge < -0.3 is 39.9 Å².